The fraction of sp³-hybridized carbons (Fsp3) is 0.333. The summed E-state index contributed by atoms with van der Waals surface area (Å²) in [6, 6.07) is 0. The van der Waals surface area contributed by atoms with Crippen LogP contribution in [-0.2, 0) is 10.0 Å². The molecule has 1 aromatic rings. The van der Waals surface area contributed by atoms with Gasteiger partial charge < -0.3 is 10.3 Å². The number of anilines is 1. The predicted molar refractivity (Wildman–Crippen MR) is 64.0 cm³/mol. The van der Waals surface area contributed by atoms with Crippen molar-refractivity contribution in [1.82, 2.24) is 9.97 Å². The fourth-order valence-corrected chi connectivity index (χ4v) is 1.69. The second-order valence-corrected chi connectivity index (χ2v) is 5.50. The van der Waals surface area contributed by atoms with Crippen molar-refractivity contribution < 1.29 is 8.42 Å². The number of sulfonamides is 1. The molecule has 0 amide bonds. The van der Waals surface area contributed by atoms with Gasteiger partial charge in [-0.05, 0) is 22.6 Å². The Morgan fingerprint density at radius 1 is 1.60 bits per heavy atom. The Bertz CT molecular complexity index is 497. The summed E-state index contributed by atoms with van der Waals surface area (Å²) in [6.07, 6.45) is 1.24. The Labute approximate surface area is 99.7 Å². The highest BCUT2D eigenvalue weighted by Gasteiger charge is 2.06. The molecule has 0 saturated heterocycles. The van der Waals surface area contributed by atoms with Crippen molar-refractivity contribution in [3.05, 3.63) is 20.3 Å². The van der Waals surface area contributed by atoms with Crippen LogP contribution in [0.3, 0.4) is 0 Å². The van der Waals surface area contributed by atoms with E-state index in [1.807, 2.05) is 22.6 Å². The highest BCUT2D eigenvalue weighted by molar-refractivity contribution is 14.1. The highest BCUT2D eigenvalue weighted by Crippen LogP contribution is 2.07. The molecule has 15 heavy (non-hydrogen) atoms. The number of nitrogens with zero attached hydrogens (tertiary/aromatic N) is 1. The van der Waals surface area contributed by atoms with Gasteiger partial charge in [0.2, 0.25) is 10.0 Å². The minimum Gasteiger partial charge on any atom is -0.368 e. The smallest absolute Gasteiger partial charge is 0.266 e. The number of nitrogens with one attached hydrogen (secondary N) is 2. The first-order chi connectivity index (χ1) is 6.90. The molecule has 4 N–H and O–H groups in total. The normalized spacial score (nSPS) is 11.3. The number of halogens is 1. The maximum absolute atomic E-state index is 11.1. The molecule has 0 aliphatic carbocycles. The van der Waals surface area contributed by atoms with E-state index in [1.54, 1.807) is 0 Å². The van der Waals surface area contributed by atoms with Gasteiger partial charge in [0.05, 0.1) is 12.1 Å². The summed E-state index contributed by atoms with van der Waals surface area (Å²) in [5.74, 6) is 0.139. The Kier molecular flexibility index (Phi) is 4.04. The Morgan fingerprint density at radius 3 is 2.87 bits per heavy atom. The quantitative estimate of drug-likeness (QED) is 0.611. The van der Waals surface area contributed by atoms with Gasteiger partial charge in [0.25, 0.3) is 5.56 Å². The van der Waals surface area contributed by atoms with Gasteiger partial charge in [-0.2, -0.15) is 0 Å². The van der Waals surface area contributed by atoms with E-state index in [1.165, 1.54) is 6.33 Å². The summed E-state index contributed by atoms with van der Waals surface area (Å²) in [7, 11) is -3.50. The molecule has 0 saturated carbocycles. The van der Waals surface area contributed by atoms with Crippen molar-refractivity contribution in [1.29, 1.82) is 0 Å². The zero-order chi connectivity index (χ0) is 11.5. The number of hydrogen-bond donors (Lipinski definition) is 3. The number of aromatic amines is 1. The van der Waals surface area contributed by atoms with Gasteiger partial charge in [-0.15, -0.1) is 0 Å². The third-order valence-electron chi connectivity index (χ3n) is 1.48. The number of rotatable bonds is 4. The predicted octanol–water partition coefficient (Wildman–Crippen LogP) is -0.925. The summed E-state index contributed by atoms with van der Waals surface area (Å²) in [4.78, 5) is 17.4. The number of primary sulfonamides is 1. The molecule has 0 aromatic carbocycles. The van der Waals surface area contributed by atoms with E-state index in [9.17, 15) is 13.2 Å². The third kappa shape index (κ3) is 4.13. The summed E-state index contributed by atoms with van der Waals surface area (Å²) in [5, 5.41) is 7.52. The molecule has 9 heteroatoms. The van der Waals surface area contributed by atoms with Crippen LogP contribution in [0.2, 0.25) is 0 Å². The fourth-order valence-electron chi connectivity index (χ4n) is 0.818. The van der Waals surface area contributed by atoms with Crippen molar-refractivity contribution >= 4 is 38.4 Å². The number of hydrogen-bond acceptors (Lipinski definition) is 5. The van der Waals surface area contributed by atoms with Crippen molar-refractivity contribution in [3.63, 3.8) is 0 Å². The van der Waals surface area contributed by atoms with Crippen molar-refractivity contribution in [2.75, 3.05) is 17.6 Å². The molecule has 1 heterocycles. The molecule has 0 fully saturated rings. The summed E-state index contributed by atoms with van der Waals surface area (Å²) in [5.41, 5.74) is -0.274. The van der Waals surface area contributed by atoms with E-state index < -0.39 is 10.0 Å². The Morgan fingerprint density at radius 2 is 2.27 bits per heavy atom. The highest BCUT2D eigenvalue weighted by atomic mass is 127. The first kappa shape index (κ1) is 12.4. The molecule has 0 aliphatic heterocycles. The average Bonchev–Trinajstić information content (AvgIpc) is 2.10. The molecule has 0 aliphatic rings. The minimum atomic E-state index is -3.50. The van der Waals surface area contributed by atoms with Crippen molar-refractivity contribution in [2.45, 2.75) is 0 Å². The molecule has 84 valence electrons. The average molecular weight is 344 g/mol. The van der Waals surface area contributed by atoms with E-state index >= 15 is 0 Å². The van der Waals surface area contributed by atoms with Crippen LogP contribution in [0.4, 0.5) is 5.82 Å². The van der Waals surface area contributed by atoms with Crippen LogP contribution < -0.4 is 16.0 Å². The van der Waals surface area contributed by atoms with Crippen LogP contribution in [0.25, 0.3) is 0 Å². The van der Waals surface area contributed by atoms with Crippen LogP contribution in [-0.4, -0.2) is 30.7 Å². The lowest BCUT2D eigenvalue weighted by atomic mass is 10.5. The first-order valence-corrected chi connectivity index (χ1v) is 6.67. The van der Waals surface area contributed by atoms with Crippen LogP contribution in [0.5, 0.6) is 0 Å². The third-order valence-corrected chi connectivity index (χ3v) is 3.25. The maximum Gasteiger partial charge on any atom is 0.266 e. The van der Waals surface area contributed by atoms with E-state index in [2.05, 4.69) is 15.3 Å². The van der Waals surface area contributed by atoms with Gasteiger partial charge in [-0.3, -0.25) is 4.79 Å². The summed E-state index contributed by atoms with van der Waals surface area (Å²) in [6.45, 7) is 0.116. The van der Waals surface area contributed by atoms with Gasteiger partial charge >= 0.3 is 0 Å². The molecular formula is C6H9IN4O3S. The second kappa shape index (κ2) is 4.90. The maximum atomic E-state index is 11.1. The van der Waals surface area contributed by atoms with Gasteiger partial charge in [0.1, 0.15) is 9.39 Å². The SMILES string of the molecule is NS(=O)(=O)CCNc1nc[nH]c(=O)c1I. The van der Waals surface area contributed by atoms with E-state index in [-0.39, 0.29) is 17.9 Å². The number of aromatic nitrogens is 2. The molecule has 0 unspecified atom stereocenters. The molecule has 7 nitrogen and oxygen atoms in total. The molecule has 1 aromatic heterocycles. The zero-order valence-corrected chi connectivity index (χ0v) is 10.5. The molecule has 1 rings (SSSR count). The molecule has 0 bridgehead atoms. The van der Waals surface area contributed by atoms with Crippen molar-refractivity contribution in [3.8, 4) is 0 Å². The zero-order valence-electron chi connectivity index (χ0n) is 7.53. The first-order valence-electron chi connectivity index (χ1n) is 3.87. The standard InChI is InChI=1S/C6H9IN4O3S/c7-4-5(10-3-11-6(4)12)9-1-2-15(8,13)14/h3H,1-2H2,(H2,8,13,14)(H2,9,10,11,12). The van der Waals surface area contributed by atoms with E-state index in [0.717, 1.165) is 0 Å². The number of H-pyrrole nitrogens is 1. The van der Waals surface area contributed by atoms with Crippen LogP contribution in [0.15, 0.2) is 11.1 Å². The second-order valence-electron chi connectivity index (χ2n) is 2.69. The number of nitrogens with two attached hydrogens (primary N) is 1. The van der Waals surface area contributed by atoms with Crippen LogP contribution in [0.1, 0.15) is 0 Å². The Balaban J connectivity index is 2.67. The van der Waals surface area contributed by atoms with Crippen molar-refractivity contribution in [2.24, 2.45) is 5.14 Å². The molecular weight excluding hydrogens is 335 g/mol. The largest absolute Gasteiger partial charge is 0.368 e. The summed E-state index contributed by atoms with van der Waals surface area (Å²) < 4.78 is 21.6. The minimum absolute atomic E-state index is 0.116. The van der Waals surface area contributed by atoms with E-state index in [4.69, 9.17) is 5.14 Å². The Hall–Kier alpha value is -0.680. The topological polar surface area (TPSA) is 118 Å². The van der Waals surface area contributed by atoms with Crippen LogP contribution >= 0.6 is 22.6 Å². The molecule has 0 atom stereocenters. The lowest BCUT2D eigenvalue weighted by Crippen LogP contribution is -2.24. The monoisotopic (exact) mass is 344 g/mol. The lowest BCUT2D eigenvalue weighted by Gasteiger charge is -2.04. The van der Waals surface area contributed by atoms with Gasteiger partial charge in [-0.25, -0.2) is 18.5 Å². The van der Waals surface area contributed by atoms with E-state index in [0.29, 0.717) is 9.39 Å². The van der Waals surface area contributed by atoms with Crippen LogP contribution in [0, 0.1) is 3.57 Å². The van der Waals surface area contributed by atoms with Gasteiger partial charge in [-0.1, -0.05) is 0 Å². The molecule has 0 radical (unpaired) electrons. The summed E-state index contributed by atoms with van der Waals surface area (Å²) >= 11 is 1.82. The van der Waals surface area contributed by atoms with Gasteiger partial charge in [0, 0.05) is 6.54 Å². The lowest BCUT2D eigenvalue weighted by molar-refractivity contribution is 0.598. The van der Waals surface area contributed by atoms with Gasteiger partial charge in [0.15, 0.2) is 0 Å². The molecule has 0 spiro atoms.